The van der Waals surface area contributed by atoms with Gasteiger partial charge < -0.3 is 4.74 Å². The first-order valence-electron chi connectivity index (χ1n) is 7.50. The summed E-state index contributed by atoms with van der Waals surface area (Å²) in [7, 11) is 1.45. The van der Waals surface area contributed by atoms with Gasteiger partial charge in [-0.15, -0.1) is 0 Å². The second kappa shape index (κ2) is 6.79. The van der Waals surface area contributed by atoms with Gasteiger partial charge in [0, 0.05) is 18.8 Å². The predicted octanol–water partition coefficient (Wildman–Crippen LogP) is 2.70. The highest BCUT2D eigenvalue weighted by Crippen LogP contribution is 2.26. The predicted molar refractivity (Wildman–Crippen MR) is 82.4 cm³/mol. The fourth-order valence-electron chi connectivity index (χ4n) is 2.50. The summed E-state index contributed by atoms with van der Waals surface area (Å²) in [6.07, 6.45) is 6.80. The Bertz CT molecular complexity index is 480. The standard InChI is InChI=1S/C15H24ClN3O2/c1-11-13(16)10-19(18-11)9-5-4-8-15(2,14(20)21-3)17-12-6-7-12/h10,12,17H,4-9H2,1-3H3. The number of aryl methyl sites for hydroxylation is 2. The van der Waals surface area contributed by atoms with E-state index in [1.807, 2.05) is 24.7 Å². The Morgan fingerprint density at radius 3 is 2.81 bits per heavy atom. The van der Waals surface area contributed by atoms with Crippen LogP contribution in [0.4, 0.5) is 0 Å². The minimum Gasteiger partial charge on any atom is -0.468 e. The average molecular weight is 314 g/mol. The van der Waals surface area contributed by atoms with E-state index in [1.165, 1.54) is 7.11 Å². The molecular weight excluding hydrogens is 290 g/mol. The average Bonchev–Trinajstić information content (AvgIpc) is 3.19. The number of hydrogen-bond acceptors (Lipinski definition) is 4. The topological polar surface area (TPSA) is 56.2 Å². The van der Waals surface area contributed by atoms with Crippen LogP contribution in [0.2, 0.25) is 5.02 Å². The number of methoxy groups -OCH3 is 1. The van der Waals surface area contributed by atoms with Crippen molar-refractivity contribution in [3.63, 3.8) is 0 Å². The molecule has 5 nitrogen and oxygen atoms in total. The van der Waals surface area contributed by atoms with Gasteiger partial charge in [0.05, 0.1) is 17.8 Å². The largest absolute Gasteiger partial charge is 0.468 e. The summed E-state index contributed by atoms with van der Waals surface area (Å²) in [4.78, 5) is 12.0. The van der Waals surface area contributed by atoms with E-state index < -0.39 is 5.54 Å². The number of carbonyl (C=O) groups excluding carboxylic acids is 1. The Morgan fingerprint density at radius 1 is 1.57 bits per heavy atom. The lowest BCUT2D eigenvalue weighted by atomic mass is 9.94. The molecule has 0 aliphatic heterocycles. The van der Waals surface area contributed by atoms with E-state index in [0.717, 1.165) is 44.3 Å². The Labute approximate surface area is 131 Å². The Kier molecular flexibility index (Phi) is 5.27. The third kappa shape index (κ3) is 4.45. The number of aromatic nitrogens is 2. The van der Waals surface area contributed by atoms with E-state index in [1.54, 1.807) is 0 Å². The lowest BCUT2D eigenvalue weighted by Gasteiger charge is -2.28. The number of esters is 1. The van der Waals surface area contributed by atoms with Gasteiger partial charge in [-0.25, -0.2) is 0 Å². The summed E-state index contributed by atoms with van der Waals surface area (Å²) < 4.78 is 6.80. The van der Waals surface area contributed by atoms with Crippen LogP contribution in [0.3, 0.4) is 0 Å². The molecule has 0 spiro atoms. The van der Waals surface area contributed by atoms with Crippen molar-refractivity contribution in [2.75, 3.05) is 7.11 Å². The van der Waals surface area contributed by atoms with Crippen molar-refractivity contribution in [1.82, 2.24) is 15.1 Å². The van der Waals surface area contributed by atoms with Gasteiger partial charge in [-0.05, 0) is 46.0 Å². The number of carbonyl (C=O) groups is 1. The van der Waals surface area contributed by atoms with E-state index in [0.29, 0.717) is 11.1 Å². The van der Waals surface area contributed by atoms with Gasteiger partial charge in [-0.1, -0.05) is 11.6 Å². The van der Waals surface area contributed by atoms with Crippen molar-refractivity contribution in [3.8, 4) is 0 Å². The quantitative estimate of drug-likeness (QED) is 0.592. The van der Waals surface area contributed by atoms with Crippen LogP contribution in [0.25, 0.3) is 0 Å². The first kappa shape index (κ1) is 16.3. The summed E-state index contributed by atoms with van der Waals surface area (Å²) >= 11 is 5.98. The Hall–Kier alpha value is -1.07. The highest BCUT2D eigenvalue weighted by molar-refractivity contribution is 6.31. The lowest BCUT2D eigenvalue weighted by molar-refractivity contribution is -0.148. The summed E-state index contributed by atoms with van der Waals surface area (Å²) in [5, 5.41) is 8.44. The van der Waals surface area contributed by atoms with E-state index >= 15 is 0 Å². The molecule has 0 saturated heterocycles. The number of halogens is 1. The van der Waals surface area contributed by atoms with Gasteiger partial charge in [0.2, 0.25) is 0 Å². The zero-order chi connectivity index (χ0) is 15.5. The fourth-order valence-corrected chi connectivity index (χ4v) is 2.65. The number of rotatable bonds is 8. The molecule has 118 valence electrons. The minimum atomic E-state index is -0.576. The molecule has 0 radical (unpaired) electrons. The lowest BCUT2D eigenvalue weighted by Crippen LogP contribution is -2.51. The number of ether oxygens (including phenoxy) is 1. The molecule has 0 amide bonds. The van der Waals surface area contributed by atoms with E-state index in [4.69, 9.17) is 16.3 Å². The zero-order valence-corrected chi connectivity index (χ0v) is 13.7. The molecule has 1 heterocycles. The molecule has 0 bridgehead atoms. The van der Waals surface area contributed by atoms with Gasteiger partial charge in [0.25, 0.3) is 0 Å². The third-order valence-electron chi connectivity index (χ3n) is 3.94. The maximum absolute atomic E-state index is 12.0. The number of unbranched alkanes of at least 4 members (excludes halogenated alkanes) is 1. The van der Waals surface area contributed by atoms with Crippen LogP contribution < -0.4 is 5.32 Å². The van der Waals surface area contributed by atoms with Gasteiger partial charge in [0.15, 0.2) is 0 Å². The van der Waals surface area contributed by atoms with Gasteiger partial charge in [0.1, 0.15) is 5.54 Å². The van der Waals surface area contributed by atoms with Crippen molar-refractivity contribution < 1.29 is 9.53 Å². The smallest absolute Gasteiger partial charge is 0.325 e. The molecule has 6 heteroatoms. The fraction of sp³-hybridized carbons (Fsp3) is 0.733. The maximum Gasteiger partial charge on any atom is 0.325 e. The molecule has 1 fully saturated rings. The highest BCUT2D eigenvalue weighted by Gasteiger charge is 2.38. The van der Waals surface area contributed by atoms with Crippen LogP contribution in [0.1, 0.15) is 44.7 Å². The third-order valence-corrected chi connectivity index (χ3v) is 4.31. The van der Waals surface area contributed by atoms with Crippen LogP contribution in [0.5, 0.6) is 0 Å². The first-order valence-corrected chi connectivity index (χ1v) is 7.88. The highest BCUT2D eigenvalue weighted by atomic mass is 35.5. The second-order valence-electron chi connectivity index (χ2n) is 6.02. The van der Waals surface area contributed by atoms with Crippen LogP contribution >= 0.6 is 11.6 Å². The zero-order valence-electron chi connectivity index (χ0n) is 13.0. The molecule has 1 saturated carbocycles. The number of nitrogens with zero attached hydrogens (tertiary/aromatic N) is 2. The van der Waals surface area contributed by atoms with Crippen molar-refractivity contribution in [2.45, 2.75) is 64.1 Å². The molecule has 2 rings (SSSR count). The molecule has 1 unspecified atom stereocenters. The normalized spacial score (nSPS) is 17.5. The van der Waals surface area contributed by atoms with Crippen molar-refractivity contribution in [3.05, 3.63) is 16.9 Å². The second-order valence-corrected chi connectivity index (χ2v) is 6.43. The minimum absolute atomic E-state index is 0.174. The molecule has 1 aromatic rings. The summed E-state index contributed by atoms with van der Waals surface area (Å²) in [5.41, 5.74) is 0.277. The molecule has 1 atom stereocenters. The Morgan fingerprint density at radius 2 is 2.29 bits per heavy atom. The monoisotopic (exact) mass is 313 g/mol. The molecule has 1 N–H and O–H groups in total. The maximum atomic E-state index is 12.0. The number of nitrogens with one attached hydrogen (secondary N) is 1. The summed E-state index contributed by atoms with van der Waals surface area (Å²) in [6.45, 7) is 4.65. The van der Waals surface area contributed by atoms with E-state index in [2.05, 4.69) is 10.4 Å². The SMILES string of the molecule is COC(=O)C(C)(CCCCn1cc(Cl)c(C)n1)NC1CC1. The molecule has 1 aliphatic carbocycles. The van der Waals surface area contributed by atoms with Crippen molar-refractivity contribution >= 4 is 17.6 Å². The molecule has 1 aromatic heterocycles. The van der Waals surface area contributed by atoms with Gasteiger partial charge >= 0.3 is 5.97 Å². The van der Waals surface area contributed by atoms with Crippen LogP contribution in [0.15, 0.2) is 6.20 Å². The first-order chi connectivity index (χ1) is 9.94. The van der Waals surface area contributed by atoms with E-state index in [-0.39, 0.29) is 5.97 Å². The summed E-state index contributed by atoms with van der Waals surface area (Å²) in [5.74, 6) is -0.174. The van der Waals surface area contributed by atoms with Crippen LogP contribution in [0, 0.1) is 6.92 Å². The number of hydrogen-bond donors (Lipinski definition) is 1. The van der Waals surface area contributed by atoms with Crippen molar-refractivity contribution in [2.24, 2.45) is 0 Å². The van der Waals surface area contributed by atoms with Crippen molar-refractivity contribution in [1.29, 1.82) is 0 Å². The molecule has 0 aromatic carbocycles. The molecular formula is C15H24ClN3O2. The van der Waals surface area contributed by atoms with Gasteiger partial charge in [-0.2, -0.15) is 5.10 Å². The molecule has 21 heavy (non-hydrogen) atoms. The summed E-state index contributed by atoms with van der Waals surface area (Å²) in [6, 6.07) is 0.474. The van der Waals surface area contributed by atoms with E-state index in [9.17, 15) is 4.79 Å². The van der Waals surface area contributed by atoms with Gasteiger partial charge in [-0.3, -0.25) is 14.8 Å². The van der Waals surface area contributed by atoms with Crippen LogP contribution in [-0.2, 0) is 16.1 Å². The van der Waals surface area contributed by atoms with Crippen LogP contribution in [-0.4, -0.2) is 34.4 Å². The Balaban J connectivity index is 1.79. The molecule has 1 aliphatic rings.